The molecule has 0 saturated carbocycles. The van der Waals surface area contributed by atoms with Crippen molar-refractivity contribution in [1.82, 2.24) is 4.98 Å². The molecule has 0 spiro atoms. The number of hydrogen-bond acceptors (Lipinski definition) is 3. The number of anilines is 1. The fourth-order valence-electron chi connectivity index (χ4n) is 2.46. The number of piperidine rings is 1. The zero-order chi connectivity index (χ0) is 12.5. The Balaban J connectivity index is 2.30. The summed E-state index contributed by atoms with van der Waals surface area (Å²) >= 11 is 0. The van der Waals surface area contributed by atoms with Gasteiger partial charge in [0.15, 0.2) is 0 Å². The molecule has 17 heavy (non-hydrogen) atoms. The van der Waals surface area contributed by atoms with Crippen LogP contribution in [0.15, 0.2) is 18.5 Å². The number of aromatic nitrogens is 1. The summed E-state index contributed by atoms with van der Waals surface area (Å²) < 4.78 is 0. The van der Waals surface area contributed by atoms with Crippen molar-refractivity contribution in [3.63, 3.8) is 0 Å². The van der Waals surface area contributed by atoms with Crippen molar-refractivity contribution in [2.75, 3.05) is 18.0 Å². The van der Waals surface area contributed by atoms with Gasteiger partial charge < -0.3 is 10.0 Å². The SMILES string of the molecule is CC1(C)CCCN(c2ccncc2C(=O)O)C1. The van der Waals surface area contributed by atoms with Gasteiger partial charge in [-0.3, -0.25) is 4.98 Å². The summed E-state index contributed by atoms with van der Waals surface area (Å²) in [4.78, 5) is 17.2. The molecule has 1 N–H and O–H groups in total. The molecule has 1 fully saturated rings. The first-order chi connectivity index (χ1) is 7.99. The second-order valence-electron chi connectivity index (χ2n) is 5.39. The molecule has 92 valence electrons. The molecular weight excluding hydrogens is 216 g/mol. The molecule has 1 saturated heterocycles. The normalized spacial score (nSPS) is 19.1. The molecule has 0 unspecified atom stereocenters. The molecule has 0 aromatic carbocycles. The van der Waals surface area contributed by atoms with Crippen LogP contribution in [0.1, 0.15) is 37.0 Å². The van der Waals surface area contributed by atoms with Gasteiger partial charge in [-0.2, -0.15) is 0 Å². The zero-order valence-corrected chi connectivity index (χ0v) is 10.3. The summed E-state index contributed by atoms with van der Waals surface area (Å²) in [6.07, 6.45) is 5.38. The monoisotopic (exact) mass is 234 g/mol. The van der Waals surface area contributed by atoms with Crippen LogP contribution in [0.3, 0.4) is 0 Å². The lowest BCUT2D eigenvalue weighted by Crippen LogP contribution is -2.40. The van der Waals surface area contributed by atoms with Crippen LogP contribution in [0.25, 0.3) is 0 Å². The van der Waals surface area contributed by atoms with Gasteiger partial charge >= 0.3 is 5.97 Å². The summed E-state index contributed by atoms with van der Waals surface area (Å²) in [7, 11) is 0. The Hall–Kier alpha value is -1.58. The Kier molecular flexibility index (Phi) is 3.05. The summed E-state index contributed by atoms with van der Waals surface area (Å²) in [5.74, 6) is -0.906. The highest BCUT2D eigenvalue weighted by molar-refractivity contribution is 5.94. The number of carboxylic acids is 1. The van der Waals surface area contributed by atoms with Gasteiger partial charge in [0.1, 0.15) is 5.56 Å². The van der Waals surface area contributed by atoms with Crippen LogP contribution in [0.2, 0.25) is 0 Å². The van der Waals surface area contributed by atoms with E-state index in [2.05, 4.69) is 23.7 Å². The largest absolute Gasteiger partial charge is 0.478 e. The van der Waals surface area contributed by atoms with Gasteiger partial charge in [-0.05, 0) is 24.3 Å². The third-order valence-electron chi connectivity index (χ3n) is 3.27. The van der Waals surface area contributed by atoms with Crippen LogP contribution >= 0.6 is 0 Å². The van der Waals surface area contributed by atoms with Crippen LogP contribution in [0.5, 0.6) is 0 Å². The van der Waals surface area contributed by atoms with E-state index in [0.29, 0.717) is 5.56 Å². The molecule has 0 aliphatic carbocycles. The topological polar surface area (TPSA) is 53.4 Å². The number of carbonyl (C=O) groups is 1. The number of nitrogens with zero attached hydrogens (tertiary/aromatic N) is 2. The van der Waals surface area contributed by atoms with Gasteiger partial charge in [-0.15, -0.1) is 0 Å². The predicted molar refractivity (Wildman–Crippen MR) is 66.4 cm³/mol. The fraction of sp³-hybridized carbons (Fsp3) is 0.538. The van der Waals surface area contributed by atoms with Crippen molar-refractivity contribution in [1.29, 1.82) is 0 Å². The summed E-state index contributed by atoms with van der Waals surface area (Å²) in [5, 5.41) is 9.16. The van der Waals surface area contributed by atoms with Gasteiger partial charge in [0.05, 0.1) is 5.69 Å². The maximum atomic E-state index is 11.2. The van der Waals surface area contributed by atoms with Gasteiger partial charge in [0.2, 0.25) is 0 Å². The Morgan fingerprint density at radius 2 is 2.29 bits per heavy atom. The maximum absolute atomic E-state index is 11.2. The fourth-order valence-corrected chi connectivity index (χ4v) is 2.46. The van der Waals surface area contributed by atoms with Crippen molar-refractivity contribution in [3.05, 3.63) is 24.0 Å². The highest BCUT2D eigenvalue weighted by atomic mass is 16.4. The Morgan fingerprint density at radius 3 is 2.94 bits per heavy atom. The first-order valence-electron chi connectivity index (χ1n) is 5.92. The van der Waals surface area contributed by atoms with Crippen molar-refractivity contribution in [2.45, 2.75) is 26.7 Å². The summed E-state index contributed by atoms with van der Waals surface area (Å²) in [6.45, 7) is 6.27. The zero-order valence-electron chi connectivity index (χ0n) is 10.3. The quantitative estimate of drug-likeness (QED) is 0.853. The molecule has 1 aliphatic heterocycles. The molecule has 0 amide bonds. The van der Waals surface area contributed by atoms with Gasteiger partial charge in [0.25, 0.3) is 0 Å². The highest BCUT2D eigenvalue weighted by Gasteiger charge is 2.28. The minimum Gasteiger partial charge on any atom is -0.478 e. The molecule has 4 heteroatoms. The Bertz CT molecular complexity index is 429. The molecule has 1 aromatic heterocycles. The lowest BCUT2D eigenvalue weighted by atomic mass is 9.84. The van der Waals surface area contributed by atoms with E-state index in [1.807, 2.05) is 0 Å². The minimum absolute atomic E-state index is 0.247. The molecule has 2 heterocycles. The molecular formula is C13H18N2O2. The molecule has 0 atom stereocenters. The lowest BCUT2D eigenvalue weighted by molar-refractivity contribution is 0.0696. The van der Waals surface area contributed by atoms with E-state index in [0.717, 1.165) is 25.2 Å². The lowest BCUT2D eigenvalue weighted by Gasteiger charge is -2.39. The molecule has 1 aliphatic rings. The Morgan fingerprint density at radius 1 is 1.53 bits per heavy atom. The number of pyridine rings is 1. The van der Waals surface area contributed by atoms with Crippen LogP contribution in [0.4, 0.5) is 5.69 Å². The minimum atomic E-state index is -0.906. The summed E-state index contributed by atoms with van der Waals surface area (Å²) in [6, 6.07) is 1.80. The average molecular weight is 234 g/mol. The number of hydrogen-bond donors (Lipinski definition) is 1. The predicted octanol–water partition coefficient (Wildman–Crippen LogP) is 2.41. The molecule has 0 radical (unpaired) electrons. The molecule has 4 nitrogen and oxygen atoms in total. The van der Waals surface area contributed by atoms with E-state index in [-0.39, 0.29) is 5.41 Å². The second-order valence-corrected chi connectivity index (χ2v) is 5.39. The van der Waals surface area contributed by atoms with Crippen LogP contribution in [-0.4, -0.2) is 29.1 Å². The van der Waals surface area contributed by atoms with Crippen molar-refractivity contribution >= 4 is 11.7 Å². The summed E-state index contributed by atoms with van der Waals surface area (Å²) in [5.41, 5.74) is 1.34. The van der Waals surface area contributed by atoms with Crippen molar-refractivity contribution < 1.29 is 9.90 Å². The number of carboxylic acid groups (broad SMARTS) is 1. The number of rotatable bonds is 2. The van der Waals surface area contributed by atoms with Crippen molar-refractivity contribution in [3.8, 4) is 0 Å². The molecule has 1 aromatic rings. The average Bonchev–Trinajstić information content (AvgIpc) is 2.27. The van der Waals surface area contributed by atoms with Crippen molar-refractivity contribution in [2.24, 2.45) is 5.41 Å². The van der Waals surface area contributed by atoms with Crippen LogP contribution < -0.4 is 4.90 Å². The van der Waals surface area contributed by atoms with Crippen LogP contribution in [0, 0.1) is 5.41 Å². The first-order valence-corrected chi connectivity index (χ1v) is 5.92. The smallest absolute Gasteiger partial charge is 0.339 e. The first kappa shape index (κ1) is 11.9. The van der Waals surface area contributed by atoms with E-state index in [1.165, 1.54) is 12.6 Å². The Labute approximate surface area is 101 Å². The van der Waals surface area contributed by atoms with E-state index in [9.17, 15) is 4.79 Å². The van der Waals surface area contributed by atoms with E-state index in [4.69, 9.17) is 5.11 Å². The van der Waals surface area contributed by atoms with E-state index in [1.54, 1.807) is 12.3 Å². The highest BCUT2D eigenvalue weighted by Crippen LogP contribution is 2.32. The maximum Gasteiger partial charge on any atom is 0.339 e. The van der Waals surface area contributed by atoms with Gasteiger partial charge in [0, 0.05) is 25.5 Å². The van der Waals surface area contributed by atoms with Gasteiger partial charge in [-0.1, -0.05) is 13.8 Å². The number of aromatic carboxylic acids is 1. The van der Waals surface area contributed by atoms with E-state index < -0.39 is 5.97 Å². The second kappa shape index (κ2) is 4.35. The standard InChI is InChI=1S/C13H18N2O2/c1-13(2)5-3-7-15(9-13)11-4-6-14-8-10(11)12(16)17/h4,6,8H,3,5,7,9H2,1-2H3,(H,16,17). The molecule has 0 bridgehead atoms. The molecule has 2 rings (SSSR count). The van der Waals surface area contributed by atoms with Gasteiger partial charge in [-0.25, -0.2) is 4.79 Å². The third-order valence-corrected chi connectivity index (χ3v) is 3.27. The van der Waals surface area contributed by atoms with Crippen LogP contribution in [-0.2, 0) is 0 Å². The third kappa shape index (κ3) is 2.57. The van der Waals surface area contributed by atoms with E-state index >= 15 is 0 Å².